The van der Waals surface area contributed by atoms with Gasteiger partial charge in [0, 0.05) is 21.7 Å². The number of hydrogen-bond acceptors (Lipinski definition) is 2. The fourth-order valence-corrected chi connectivity index (χ4v) is 2.47. The van der Waals surface area contributed by atoms with Crippen LogP contribution in [0, 0.1) is 0 Å². The molecule has 1 rings (SSSR count). The van der Waals surface area contributed by atoms with Crippen LogP contribution in [0.3, 0.4) is 0 Å². The molecule has 96 valence electrons. The summed E-state index contributed by atoms with van der Waals surface area (Å²) in [5.74, 6) is 0. The molecule has 0 spiro atoms. The van der Waals surface area contributed by atoms with E-state index in [9.17, 15) is 0 Å². The van der Waals surface area contributed by atoms with Gasteiger partial charge in [0.15, 0.2) is 0 Å². The molecule has 1 aromatic rings. The Kier molecular flexibility index (Phi) is 6.37. The van der Waals surface area contributed by atoms with Crippen molar-refractivity contribution in [2.24, 2.45) is 4.99 Å². The number of nitrogens with zero attached hydrogens (tertiary/aromatic N) is 1. The molecule has 1 heterocycles. The van der Waals surface area contributed by atoms with Gasteiger partial charge in [0.1, 0.15) is 0 Å². The lowest BCUT2D eigenvalue weighted by atomic mass is 10.2. The quantitative estimate of drug-likeness (QED) is 0.613. The topological polar surface area (TPSA) is 12.4 Å². The van der Waals surface area contributed by atoms with E-state index in [4.69, 9.17) is 0 Å². The maximum atomic E-state index is 4.37. The summed E-state index contributed by atoms with van der Waals surface area (Å²) < 4.78 is 0. The van der Waals surface area contributed by atoms with Gasteiger partial charge in [-0.15, -0.1) is 11.3 Å². The summed E-state index contributed by atoms with van der Waals surface area (Å²) in [6.07, 6.45) is 11.3. The van der Waals surface area contributed by atoms with Gasteiger partial charge in [-0.3, -0.25) is 4.99 Å². The normalized spacial score (nSPS) is 14.0. The summed E-state index contributed by atoms with van der Waals surface area (Å²) in [5.41, 5.74) is 2.33. The first-order valence-corrected chi connectivity index (χ1v) is 7.09. The summed E-state index contributed by atoms with van der Waals surface area (Å²) in [6.45, 7) is 8.31. The predicted octanol–water partition coefficient (Wildman–Crippen LogP) is 5.57. The lowest BCUT2D eigenvalue weighted by Crippen LogP contribution is -1.75. The van der Waals surface area contributed by atoms with Crippen molar-refractivity contribution in [1.29, 1.82) is 0 Å². The minimum atomic E-state index is 1.03. The zero-order valence-electron chi connectivity index (χ0n) is 11.6. The van der Waals surface area contributed by atoms with E-state index in [0.717, 1.165) is 12.1 Å². The Balaban J connectivity index is 2.73. The number of aliphatic imine (C=N–C) groups is 1. The second kappa shape index (κ2) is 7.83. The van der Waals surface area contributed by atoms with E-state index < -0.39 is 0 Å². The molecule has 18 heavy (non-hydrogen) atoms. The summed E-state index contributed by atoms with van der Waals surface area (Å²) in [6, 6.07) is 4.31. The summed E-state index contributed by atoms with van der Waals surface area (Å²) in [4.78, 5) is 6.96. The number of thiophene rings is 1. The first kappa shape index (κ1) is 14.7. The Morgan fingerprint density at radius 1 is 1.33 bits per heavy atom. The average molecular weight is 259 g/mol. The predicted molar refractivity (Wildman–Crippen MR) is 85.2 cm³/mol. The van der Waals surface area contributed by atoms with E-state index in [0.29, 0.717) is 0 Å². The molecule has 0 atom stereocenters. The van der Waals surface area contributed by atoms with Crippen molar-refractivity contribution in [1.82, 2.24) is 0 Å². The molecule has 0 saturated heterocycles. The van der Waals surface area contributed by atoms with Gasteiger partial charge >= 0.3 is 0 Å². The Hall–Kier alpha value is -1.41. The van der Waals surface area contributed by atoms with Gasteiger partial charge in [0.25, 0.3) is 0 Å². The van der Waals surface area contributed by atoms with Crippen LogP contribution in [0.15, 0.2) is 41.1 Å². The summed E-state index contributed by atoms with van der Waals surface area (Å²) in [7, 11) is 0. The SMILES string of the molecule is C/C=C/c1ccc(/C(C)=C/C=N\C(C)=C\CC)s1. The van der Waals surface area contributed by atoms with E-state index >= 15 is 0 Å². The van der Waals surface area contributed by atoms with Crippen molar-refractivity contribution in [3.05, 3.63) is 45.8 Å². The van der Waals surface area contributed by atoms with Crippen LogP contribution in [0.1, 0.15) is 43.9 Å². The highest BCUT2D eigenvalue weighted by atomic mass is 32.1. The molecular formula is C16H21NS. The Labute approximate surface area is 114 Å². The number of hydrogen-bond donors (Lipinski definition) is 0. The third-order valence-electron chi connectivity index (χ3n) is 2.45. The highest BCUT2D eigenvalue weighted by molar-refractivity contribution is 7.14. The summed E-state index contributed by atoms with van der Waals surface area (Å²) in [5, 5.41) is 0. The van der Waals surface area contributed by atoms with Gasteiger partial charge < -0.3 is 0 Å². The fraction of sp³-hybridized carbons (Fsp3) is 0.312. The highest BCUT2D eigenvalue weighted by Gasteiger charge is 1.98. The summed E-state index contributed by atoms with van der Waals surface area (Å²) >= 11 is 1.80. The van der Waals surface area contributed by atoms with E-state index in [-0.39, 0.29) is 0 Å². The zero-order chi connectivity index (χ0) is 13.4. The highest BCUT2D eigenvalue weighted by Crippen LogP contribution is 2.24. The van der Waals surface area contributed by atoms with Gasteiger partial charge in [-0.25, -0.2) is 0 Å². The molecule has 0 fully saturated rings. The standard InChI is InChI=1S/C16H21NS/c1-5-7-14(4)17-12-11-13(3)16-10-9-15(18-16)8-6-2/h6-12H,5H2,1-4H3/b8-6+,13-11+,14-7+,17-12-. The zero-order valence-corrected chi connectivity index (χ0v) is 12.4. The van der Waals surface area contributed by atoms with Gasteiger partial charge in [-0.1, -0.05) is 19.1 Å². The molecule has 0 aliphatic heterocycles. The van der Waals surface area contributed by atoms with Crippen molar-refractivity contribution >= 4 is 29.2 Å². The smallest absolute Gasteiger partial charge is 0.0332 e. The van der Waals surface area contributed by atoms with Crippen molar-refractivity contribution in [2.45, 2.75) is 34.1 Å². The van der Waals surface area contributed by atoms with Crippen LogP contribution >= 0.6 is 11.3 Å². The van der Waals surface area contributed by atoms with Crippen LogP contribution in [-0.2, 0) is 0 Å². The molecule has 1 nitrogen and oxygen atoms in total. The maximum absolute atomic E-state index is 4.37. The first-order chi connectivity index (χ1) is 8.67. The molecule has 1 aromatic heterocycles. The van der Waals surface area contributed by atoms with Crippen molar-refractivity contribution in [2.75, 3.05) is 0 Å². The lowest BCUT2D eigenvalue weighted by Gasteiger charge is -1.93. The van der Waals surface area contributed by atoms with Crippen LogP contribution < -0.4 is 0 Å². The fourth-order valence-electron chi connectivity index (χ4n) is 1.52. The minimum absolute atomic E-state index is 1.03. The molecule has 2 heteroatoms. The minimum Gasteiger partial charge on any atom is -0.262 e. The van der Waals surface area contributed by atoms with Gasteiger partial charge in [-0.05, 0) is 57.0 Å². The molecule has 0 bridgehead atoms. The molecule has 0 aliphatic rings. The number of allylic oxidation sites excluding steroid dienone is 5. The van der Waals surface area contributed by atoms with Crippen LogP contribution in [-0.4, -0.2) is 6.21 Å². The lowest BCUT2D eigenvalue weighted by molar-refractivity contribution is 1.16. The van der Waals surface area contributed by atoms with E-state index in [1.807, 2.05) is 20.1 Å². The third kappa shape index (κ3) is 4.84. The molecule has 0 N–H and O–H groups in total. The molecule has 0 saturated carbocycles. The second-order valence-electron chi connectivity index (χ2n) is 4.08. The second-order valence-corrected chi connectivity index (χ2v) is 5.20. The van der Waals surface area contributed by atoms with Crippen LogP contribution in [0.5, 0.6) is 0 Å². The van der Waals surface area contributed by atoms with Gasteiger partial charge in [0.05, 0.1) is 0 Å². The Morgan fingerprint density at radius 2 is 2.11 bits per heavy atom. The first-order valence-electron chi connectivity index (χ1n) is 6.28. The van der Waals surface area contributed by atoms with E-state index in [2.05, 4.69) is 55.3 Å². The Bertz CT molecular complexity index is 487. The van der Waals surface area contributed by atoms with E-state index in [1.54, 1.807) is 11.3 Å². The monoisotopic (exact) mass is 259 g/mol. The average Bonchev–Trinajstić information content (AvgIpc) is 2.78. The molecule has 0 amide bonds. The molecule has 0 aliphatic carbocycles. The van der Waals surface area contributed by atoms with Crippen LogP contribution in [0.25, 0.3) is 11.6 Å². The number of rotatable bonds is 5. The molecule has 0 aromatic carbocycles. The van der Waals surface area contributed by atoms with Crippen LogP contribution in [0.2, 0.25) is 0 Å². The van der Waals surface area contributed by atoms with E-state index in [1.165, 1.54) is 15.3 Å². The van der Waals surface area contributed by atoms with Crippen molar-refractivity contribution < 1.29 is 0 Å². The molecular weight excluding hydrogens is 238 g/mol. The van der Waals surface area contributed by atoms with Crippen molar-refractivity contribution in [3.63, 3.8) is 0 Å². The Morgan fingerprint density at radius 3 is 2.78 bits per heavy atom. The largest absolute Gasteiger partial charge is 0.262 e. The third-order valence-corrected chi connectivity index (χ3v) is 3.63. The van der Waals surface area contributed by atoms with Crippen LogP contribution in [0.4, 0.5) is 0 Å². The van der Waals surface area contributed by atoms with Gasteiger partial charge in [-0.2, -0.15) is 0 Å². The van der Waals surface area contributed by atoms with Crippen molar-refractivity contribution in [3.8, 4) is 0 Å². The maximum Gasteiger partial charge on any atom is 0.0332 e. The molecule has 0 radical (unpaired) electrons. The molecule has 0 unspecified atom stereocenters. The van der Waals surface area contributed by atoms with Gasteiger partial charge in [0.2, 0.25) is 0 Å².